The molecule has 0 aromatic heterocycles. The summed E-state index contributed by atoms with van der Waals surface area (Å²) in [6.07, 6.45) is 78.7. The second-order valence-electron chi connectivity index (χ2n) is 17.7. The highest BCUT2D eigenvalue weighted by Crippen LogP contribution is 2.12. The van der Waals surface area contributed by atoms with E-state index in [-0.39, 0.29) is 37.5 Å². The fourth-order valence-electron chi connectivity index (χ4n) is 7.03. The zero-order chi connectivity index (χ0) is 50.0. The Morgan fingerprint density at radius 2 is 0.580 bits per heavy atom. The molecule has 0 rings (SSSR count). The Bertz CT molecular complexity index is 1510. The summed E-state index contributed by atoms with van der Waals surface area (Å²) in [6.45, 7) is 6.31. The van der Waals surface area contributed by atoms with Crippen molar-refractivity contribution in [3.8, 4) is 0 Å². The smallest absolute Gasteiger partial charge is 0.306 e. The fraction of sp³-hybridized carbons (Fsp3) is 0.603. The minimum atomic E-state index is -0.824. The standard InChI is InChI=1S/C63H100O6/c1-4-7-10-13-16-19-22-25-27-29-30-31-32-34-35-38-41-44-47-50-53-56-62(65)68-59-60(58-67-61(64)55-52-49-46-43-40-37-24-21-18-15-12-9-6-3)69-63(66)57-54-51-48-45-42-39-36-33-28-26-23-20-17-14-11-8-5-2/h7-8,10-11,16-17,19-21,24-28,30-31,34-36,39,45,48,60H,4-6,9,12-15,18,22-23,29,32-33,37-38,40-44,46-47,49-59H2,1-3H3/b10-7-,11-8-,19-16-,20-17-,24-21-,27-25-,28-26-,31-30-,35-34-,39-36-,48-45-. The highest BCUT2D eigenvalue weighted by molar-refractivity contribution is 5.71. The Morgan fingerprint density at radius 3 is 0.942 bits per heavy atom. The van der Waals surface area contributed by atoms with Crippen LogP contribution in [0.3, 0.4) is 0 Å². The fourth-order valence-corrected chi connectivity index (χ4v) is 7.03. The lowest BCUT2D eigenvalue weighted by Gasteiger charge is -2.18. The van der Waals surface area contributed by atoms with Crippen molar-refractivity contribution in [2.24, 2.45) is 0 Å². The molecule has 0 aromatic rings. The average Bonchev–Trinajstić information content (AvgIpc) is 3.35. The van der Waals surface area contributed by atoms with E-state index in [2.05, 4.69) is 154 Å². The summed E-state index contributed by atoms with van der Waals surface area (Å²) < 4.78 is 16.8. The van der Waals surface area contributed by atoms with E-state index in [0.717, 1.165) is 141 Å². The number of hydrogen-bond donors (Lipinski definition) is 0. The summed E-state index contributed by atoms with van der Waals surface area (Å²) >= 11 is 0. The van der Waals surface area contributed by atoms with Gasteiger partial charge in [0.05, 0.1) is 0 Å². The molecule has 388 valence electrons. The summed E-state index contributed by atoms with van der Waals surface area (Å²) in [5.41, 5.74) is 0. The van der Waals surface area contributed by atoms with Crippen LogP contribution in [0, 0.1) is 0 Å². The van der Waals surface area contributed by atoms with Gasteiger partial charge in [0.2, 0.25) is 0 Å². The highest BCUT2D eigenvalue weighted by atomic mass is 16.6. The molecular formula is C63H100O6. The molecule has 69 heavy (non-hydrogen) atoms. The Labute approximate surface area is 424 Å². The van der Waals surface area contributed by atoms with Crippen LogP contribution in [0.2, 0.25) is 0 Å². The third kappa shape index (κ3) is 54.4. The van der Waals surface area contributed by atoms with Gasteiger partial charge < -0.3 is 14.2 Å². The monoisotopic (exact) mass is 953 g/mol. The summed E-state index contributed by atoms with van der Waals surface area (Å²) in [4.78, 5) is 38.1. The van der Waals surface area contributed by atoms with Crippen molar-refractivity contribution in [2.45, 2.75) is 232 Å². The van der Waals surface area contributed by atoms with Crippen LogP contribution in [0.15, 0.2) is 134 Å². The van der Waals surface area contributed by atoms with Gasteiger partial charge in [0.25, 0.3) is 0 Å². The van der Waals surface area contributed by atoms with E-state index in [4.69, 9.17) is 14.2 Å². The first kappa shape index (κ1) is 64.5. The molecule has 0 saturated carbocycles. The van der Waals surface area contributed by atoms with Gasteiger partial charge in [0.15, 0.2) is 6.10 Å². The molecule has 6 heteroatoms. The van der Waals surface area contributed by atoms with E-state index in [1.165, 1.54) is 38.5 Å². The van der Waals surface area contributed by atoms with Gasteiger partial charge in [-0.1, -0.05) is 212 Å². The van der Waals surface area contributed by atoms with E-state index in [1.807, 2.05) is 0 Å². The average molecular weight is 953 g/mol. The molecule has 1 atom stereocenters. The van der Waals surface area contributed by atoms with Gasteiger partial charge in [-0.15, -0.1) is 0 Å². The number of unbranched alkanes of at least 4 members (excludes halogenated alkanes) is 15. The number of ether oxygens (including phenoxy) is 3. The Kier molecular flexibility index (Phi) is 52.5. The van der Waals surface area contributed by atoms with Crippen LogP contribution < -0.4 is 0 Å². The quantitative estimate of drug-likeness (QED) is 0.0262. The minimum absolute atomic E-state index is 0.116. The maximum absolute atomic E-state index is 12.8. The number of allylic oxidation sites excluding steroid dienone is 22. The molecule has 0 heterocycles. The molecule has 0 N–H and O–H groups in total. The molecule has 0 radical (unpaired) electrons. The Hall–Kier alpha value is -4.45. The molecule has 0 aliphatic rings. The molecule has 6 nitrogen and oxygen atoms in total. The van der Waals surface area contributed by atoms with Crippen LogP contribution in [-0.4, -0.2) is 37.2 Å². The molecule has 0 bridgehead atoms. The van der Waals surface area contributed by atoms with Crippen molar-refractivity contribution in [1.29, 1.82) is 0 Å². The first-order valence-corrected chi connectivity index (χ1v) is 27.7. The summed E-state index contributed by atoms with van der Waals surface area (Å²) in [6, 6.07) is 0. The van der Waals surface area contributed by atoms with E-state index in [9.17, 15) is 14.4 Å². The van der Waals surface area contributed by atoms with Crippen molar-refractivity contribution in [3.05, 3.63) is 134 Å². The van der Waals surface area contributed by atoms with Crippen LogP contribution in [0.25, 0.3) is 0 Å². The Balaban J connectivity index is 4.53. The summed E-state index contributed by atoms with van der Waals surface area (Å²) in [5.74, 6) is -1.01. The van der Waals surface area contributed by atoms with Gasteiger partial charge in [0.1, 0.15) is 13.2 Å². The van der Waals surface area contributed by atoms with Gasteiger partial charge >= 0.3 is 17.9 Å². The van der Waals surface area contributed by atoms with E-state index >= 15 is 0 Å². The van der Waals surface area contributed by atoms with Gasteiger partial charge in [-0.3, -0.25) is 14.4 Å². The number of carbonyl (C=O) groups is 3. The summed E-state index contributed by atoms with van der Waals surface area (Å²) in [5, 5.41) is 0. The number of rotatable bonds is 48. The van der Waals surface area contributed by atoms with Gasteiger partial charge in [0, 0.05) is 19.3 Å². The van der Waals surface area contributed by atoms with E-state index < -0.39 is 6.10 Å². The maximum atomic E-state index is 12.8. The molecular weight excluding hydrogens is 853 g/mol. The minimum Gasteiger partial charge on any atom is -0.462 e. The third-order valence-electron chi connectivity index (χ3n) is 11.1. The maximum Gasteiger partial charge on any atom is 0.306 e. The van der Waals surface area contributed by atoms with Crippen LogP contribution in [0.4, 0.5) is 0 Å². The molecule has 0 amide bonds. The molecule has 0 spiro atoms. The molecule has 0 aromatic carbocycles. The SMILES string of the molecule is CC/C=C\C/C=C\C/C=C\C/C=C\C/C=C\CCCCCCCC(=O)OCC(COC(=O)CCCCCCC/C=C\CCCCCC)OC(=O)CCC/C=C\C/C=C\C/C=C\C/C=C\C/C=C\CC. The zero-order valence-corrected chi connectivity index (χ0v) is 44.3. The first-order chi connectivity index (χ1) is 34.0. The lowest BCUT2D eigenvalue weighted by atomic mass is 10.1. The van der Waals surface area contributed by atoms with Crippen molar-refractivity contribution in [1.82, 2.24) is 0 Å². The lowest BCUT2D eigenvalue weighted by molar-refractivity contribution is -0.167. The van der Waals surface area contributed by atoms with Crippen molar-refractivity contribution < 1.29 is 28.6 Å². The zero-order valence-electron chi connectivity index (χ0n) is 44.3. The van der Waals surface area contributed by atoms with Crippen LogP contribution in [-0.2, 0) is 28.6 Å². The molecule has 0 aliphatic heterocycles. The summed E-state index contributed by atoms with van der Waals surface area (Å²) in [7, 11) is 0. The topological polar surface area (TPSA) is 78.9 Å². The predicted molar refractivity (Wildman–Crippen MR) is 297 cm³/mol. The number of hydrogen-bond acceptors (Lipinski definition) is 6. The molecule has 0 aliphatic carbocycles. The predicted octanol–water partition coefficient (Wildman–Crippen LogP) is 18.6. The van der Waals surface area contributed by atoms with Crippen molar-refractivity contribution in [3.63, 3.8) is 0 Å². The second-order valence-corrected chi connectivity index (χ2v) is 17.7. The highest BCUT2D eigenvalue weighted by Gasteiger charge is 2.19. The largest absolute Gasteiger partial charge is 0.462 e. The molecule has 0 saturated heterocycles. The van der Waals surface area contributed by atoms with Crippen LogP contribution in [0.5, 0.6) is 0 Å². The number of esters is 3. The third-order valence-corrected chi connectivity index (χ3v) is 11.1. The van der Waals surface area contributed by atoms with E-state index in [0.29, 0.717) is 19.3 Å². The number of carbonyl (C=O) groups excluding carboxylic acids is 3. The molecule has 0 fully saturated rings. The van der Waals surface area contributed by atoms with E-state index in [1.54, 1.807) is 0 Å². The van der Waals surface area contributed by atoms with Crippen LogP contribution >= 0.6 is 0 Å². The van der Waals surface area contributed by atoms with Gasteiger partial charge in [-0.25, -0.2) is 0 Å². The molecule has 1 unspecified atom stereocenters. The second kappa shape index (κ2) is 56.1. The normalized spacial score (nSPS) is 13.1. The Morgan fingerprint density at radius 1 is 0.304 bits per heavy atom. The van der Waals surface area contributed by atoms with Crippen molar-refractivity contribution >= 4 is 17.9 Å². The lowest BCUT2D eigenvalue weighted by Crippen LogP contribution is -2.30. The first-order valence-electron chi connectivity index (χ1n) is 27.7. The van der Waals surface area contributed by atoms with Crippen molar-refractivity contribution in [2.75, 3.05) is 13.2 Å². The van der Waals surface area contributed by atoms with Crippen LogP contribution in [0.1, 0.15) is 226 Å². The van der Waals surface area contributed by atoms with Gasteiger partial charge in [-0.2, -0.15) is 0 Å². The van der Waals surface area contributed by atoms with Gasteiger partial charge in [-0.05, 0) is 128 Å².